The second-order valence-electron chi connectivity index (χ2n) is 4.89. The molecule has 1 aliphatic rings. The average Bonchev–Trinajstić information content (AvgIpc) is 2.48. The van der Waals surface area contributed by atoms with Gasteiger partial charge in [-0.1, -0.05) is 6.07 Å². The number of benzene rings is 1. The Bertz CT molecular complexity index is 862. The van der Waals surface area contributed by atoms with E-state index in [4.69, 9.17) is 5.14 Å². The number of sulfonamides is 1. The maximum Gasteiger partial charge on any atom is 0.238 e. The van der Waals surface area contributed by atoms with Gasteiger partial charge in [0.05, 0.1) is 4.90 Å². The van der Waals surface area contributed by atoms with Gasteiger partial charge in [0, 0.05) is 17.4 Å². The molecule has 1 aromatic carbocycles. The van der Waals surface area contributed by atoms with Crippen LogP contribution in [-0.2, 0) is 16.4 Å². The molecule has 1 aromatic heterocycles. The van der Waals surface area contributed by atoms with Crippen LogP contribution in [0.3, 0.4) is 0 Å². The highest BCUT2D eigenvalue weighted by Crippen LogP contribution is 2.24. The zero-order valence-corrected chi connectivity index (χ0v) is 12.3. The molecular formula is C14H14N4O3S. The van der Waals surface area contributed by atoms with Crippen LogP contribution >= 0.6 is 0 Å². The summed E-state index contributed by atoms with van der Waals surface area (Å²) >= 11 is 0. The van der Waals surface area contributed by atoms with Crippen LogP contribution in [0.25, 0.3) is 5.76 Å². The summed E-state index contributed by atoms with van der Waals surface area (Å²) in [5, 5.41) is 17.9. The van der Waals surface area contributed by atoms with Crippen LogP contribution in [0, 0.1) is 0 Å². The van der Waals surface area contributed by atoms with Crippen molar-refractivity contribution in [3.05, 3.63) is 47.8 Å². The molecule has 8 heteroatoms. The topological polar surface area (TPSA) is 118 Å². The molecule has 4 N–H and O–H groups in total. The van der Waals surface area contributed by atoms with E-state index in [0.717, 1.165) is 18.4 Å². The Morgan fingerprint density at radius 3 is 2.91 bits per heavy atom. The predicted molar refractivity (Wildman–Crippen MR) is 82.1 cm³/mol. The lowest BCUT2D eigenvalue weighted by Gasteiger charge is -2.13. The second-order valence-corrected chi connectivity index (χ2v) is 6.45. The van der Waals surface area contributed by atoms with Crippen LogP contribution in [0.2, 0.25) is 0 Å². The fraction of sp³-hybridized carbons (Fsp3) is 0.143. The summed E-state index contributed by atoms with van der Waals surface area (Å²) in [7, 11) is -3.77. The number of fused-ring (bicyclic) bond motifs is 1. The van der Waals surface area contributed by atoms with E-state index in [2.05, 4.69) is 15.3 Å². The van der Waals surface area contributed by atoms with E-state index in [1.165, 1.54) is 12.1 Å². The Morgan fingerprint density at radius 2 is 2.14 bits per heavy atom. The van der Waals surface area contributed by atoms with Crippen LogP contribution in [0.4, 0.5) is 11.6 Å². The molecule has 1 heterocycles. The number of aliphatic hydroxyl groups is 1. The van der Waals surface area contributed by atoms with E-state index in [9.17, 15) is 13.5 Å². The highest BCUT2D eigenvalue weighted by atomic mass is 32.2. The Labute approximate surface area is 127 Å². The second kappa shape index (κ2) is 5.39. The molecule has 0 aliphatic heterocycles. The third-order valence-corrected chi connectivity index (χ3v) is 4.19. The van der Waals surface area contributed by atoms with Gasteiger partial charge in [0.25, 0.3) is 0 Å². The molecule has 2 aromatic rings. The van der Waals surface area contributed by atoms with Gasteiger partial charge in [-0.3, -0.25) is 0 Å². The number of nitrogens with one attached hydrogen (secondary N) is 1. The summed E-state index contributed by atoms with van der Waals surface area (Å²) in [4.78, 5) is 8.43. The molecule has 0 amide bonds. The summed E-state index contributed by atoms with van der Waals surface area (Å²) in [5.74, 6) is 0.400. The molecule has 22 heavy (non-hydrogen) atoms. The van der Waals surface area contributed by atoms with Crippen molar-refractivity contribution in [1.29, 1.82) is 0 Å². The average molecular weight is 318 g/mol. The number of primary sulfonamides is 1. The smallest absolute Gasteiger partial charge is 0.238 e. The van der Waals surface area contributed by atoms with Gasteiger partial charge in [-0.05, 0) is 37.1 Å². The number of nitrogens with two attached hydrogens (primary N) is 1. The van der Waals surface area contributed by atoms with Gasteiger partial charge < -0.3 is 10.4 Å². The molecule has 0 bridgehead atoms. The number of nitrogens with zero attached hydrogens (tertiary/aromatic N) is 2. The van der Waals surface area contributed by atoms with Crippen molar-refractivity contribution in [3.8, 4) is 0 Å². The minimum atomic E-state index is -3.77. The molecule has 1 aliphatic carbocycles. The third-order valence-electron chi connectivity index (χ3n) is 3.28. The number of hydrogen-bond donors (Lipinski definition) is 3. The van der Waals surface area contributed by atoms with E-state index >= 15 is 0 Å². The number of allylic oxidation sites excluding steroid dienone is 1. The van der Waals surface area contributed by atoms with Gasteiger partial charge >= 0.3 is 0 Å². The molecule has 0 radical (unpaired) electrons. The number of hydrogen-bond acceptors (Lipinski definition) is 6. The van der Waals surface area contributed by atoms with Gasteiger partial charge in [0.2, 0.25) is 16.0 Å². The van der Waals surface area contributed by atoms with Crippen molar-refractivity contribution in [2.45, 2.75) is 17.7 Å². The normalized spacial score (nSPS) is 14.1. The van der Waals surface area contributed by atoms with Crippen LogP contribution in [0.1, 0.15) is 17.7 Å². The maximum atomic E-state index is 11.4. The minimum absolute atomic E-state index is 0.00166. The summed E-state index contributed by atoms with van der Waals surface area (Å²) in [6.07, 6.45) is 4.89. The predicted octanol–water partition coefficient (Wildman–Crippen LogP) is 1.71. The first kappa shape index (κ1) is 14.5. The number of aliphatic hydroxyl groups excluding tert-OH is 1. The molecule has 0 unspecified atom stereocenters. The summed E-state index contributed by atoms with van der Waals surface area (Å²) in [6.45, 7) is 0. The van der Waals surface area contributed by atoms with Crippen molar-refractivity contribution >= 4 is 27.4 Å². The van der Waals surface area contributed by atoms with Crippen molar-refractivity contribution in [2.75, 3.05) is 5.32 Å². The van der Waals surface area contributed by atoms with Crippen LogP contribution in [0.5, 0.6) is 0 Å². The van der Waals surface area contributed by atoms with Gasteiger partial charge in [0.15, 0.2) is 0 Å². The highest BCUT2D eigenvalue weighted by Gasteiger charge is 2.15. The SMILES string of the molecule is NS(=O)(=O)c1cccc(Nc2ncc3c(n2)C(O)=CCC3)c1. The van der Waals surface area contributed by atoms with Gasteiger partial charge in [-0.25, -0.2) is 23.5 Å². The fourth-order valence-electron chi connectivity index (χ4n) is 2.21. The van der Waals surface area contributed by atoms with Crippen molar-refractivity contribution in [1.82, 2.24) is 9.97 Å². The number of rotatable bonds is 3. The Kier molecular flexibility index (Phi) is 3.55. The maximum absolute atomic E-state index is 11.4. The Morgan fingerprint density at radius 1 is 1.32 bits per heavy atom. The van der Waals surface area contributed by atoms with Gasteiger partial charge in [-0.2, -0.15) is 0 Å². The molecule has 114 valence electrons. The largest absolute Gasteiger partial charge is 0.506 e. The molecule has 0 saturated heterocycles. The summed E-state index contributed by atoms with van der Waals surface area (Å²) < 4.78 is 22.7. The lowest BCUT2D eigenvalue weighted by Crippen LogP contribution is -2.12. The molecule has 0 saturated carbocycles. The van der Waals surface area contributed by atoms with E-state index in [1.807, 2.05) is 0 Å². The number of anilines is 2. The fourth-order valence-corrected chi connectivity index (χ4v) is 2.77. The zero-order chi connectivity index (χ0) is 15.7. The van der Waals surface area contributed by atoms with Crippen molar-refractivity contribution < 1.29 is 13.5 Å². The first-order valence-corrected chi connectivity index (χ1v) is 8.13. The molecular weight excluding hydrogens is 304 g/mol. The molecule has 3 rings (SSSR count). The quantitative estimate of drug-likeness (QED) is 0.793. The lowest BCUT2D eigenvalue weighted by molar-refractivity contribution is 0.501. The zero-order valence-electron chi connectivity index (χ0n) is 11.5. The minimum Gasteiger partial charge on any atom is -0.506 e. The number of aryl methyl sites for hydroxylation is 1. The summed E-state index contributed by atoms with van der Waals surface area (Å²) in [6, 6.07) is 6.04. The first-order valence-electron chi connectivity index (χ1n) is 6.59. The molecule has 0 fully saturated rings. The third kappa shape index (κ3) is 2.92. The molecule has 0 spiro atoms. The van der Waals surface area contributed by atoms with Crippen molar-refractivity contribution in [2.24, 2.45) is 5.14 Å². The van der Waals surface area contributed by atoms with E-state index in [-0.39, 0.29) is 16.6 Å². The standard InChI is InChI=1S/C14H14N4O3S/c15-22(20,21)11-5-2-4-10(7-11)17-14-16-8-9-3-1-6-12(19)13(9)18-14/h2,4-8,19H,1,3H2,(H2,15,20,21)(H,16,17,18). The molecule has 0 atom stereocenters. The highest BCUT2D eigenvalue weighted by molar-refractivity contribution is 7.89. The van der Waals surface area contributed by atoms with Gasteiger partial charge in [-0.15, -0.1) is 0 Å². The van der Waals surface area contributed by atoms with Crippen LogP contribution < -0.4 is 10.5 Å². The Hall–Kier alpha value is -2.45. The van der Waals surface area contributed by atoms with E-state index < -0.39 is 10.0 Å². The van der Waals surface area contributed by atoms with Gasteiger partial charge in [0.1, 0.15) is 11.5 Å². The first-order chi connectivity index (χ1) is 10.4. The monoisotopic (exact) mass is 318 g/mol. The Balaban J connectivity index is 1.92. The van der Waals surface area contributed by atoms with Crippen LogP contribution in [-0.4, -0.2) is 23.5 Å². The summed E-state index contributed by atoms with van der Waals surface area (Å²) in [5.41, 5.74) is 1.86. The van der Waals surface area contributed by atoms with Crippen LogP contribution in [0.15, 0.2) is 41.4 Å². The van der Waals surface area contributed by atoms with E-state index in [1.54, 1.807) is 24.4 Å². The van der Waals surface area contributed by atoms with E-state index in [0.29, 0.717) is 11.4 Å². The number of aromatic nitrogens is 2. The van der Waals surface area contributed by atoms with Crippen molar-refractivity contribution in [3.63, 3.8) is 0 Å². The lowest BCUT2D eigenvalue weighted by atomic mass is 10.0. The molecule has 7 nitrogen and oxygen atoms in total.